The van der Waals surface area contributed by atoms with Gasteiger partial charge in [0.1, 0.15) is 0 Å². The quantitative estimate of drug-likeness (QED) is 0.826. The highest BCUT2D eigenvalue weighted by Gasteiger charge is 2.30. The van der Waals surface area contributed by atoms with Gasteiger partial charge in [-0.05, 0) is 33.7 Å². The van der Waals surface area contributed by atoms with Crippen LogP contribution in [0.15, 0.2) is 0 Å². The van der Waals surface area contributed by atoms with Gasteiger partial charge < -0.3 is 5.32 Å². The molecule has 1 saturated heterocycles. The molecule has 2 aliphatic rings. The first-order valence-electron chi connectivity index (χ1n) is 7.75. The second-order valence-electron chi connectivity index (χ2n) is 6.80. The van der Waals surface area contributed by atoms with Gasteiger partial charge in [-0.25, -0.2) is 0 Å². The van der Waals surface area contributed by atoms with Crippen molar-refractivity contribution in [2.45, 2.75) is 57.5 Å². The van der Waals surface area contributed by atoms with Gasteiger partial charge in [0, 0.05) is 44.3 Å². The molecule has 2 rings (SSSR count). The van der Waals surface area contributed by atoms with E-state index in [2.05, 4.69) is 36.0 Å². The Kier molecular flexibility index (Phi) is 5.05. The van der Waals surface area contributed by atoms with Crippen molar-refractivity contribution in [3.8, 4) is 0 Å². The van der Waals surface area contributed by atoms with Crippen molar-refractivity contribution < 1.29 is 0 Å². The van der Waals surface area contributed by atoms with Crippen LogP contribution < -0.4 is 5.32 Å². The lowest BCUT2D eigenvalue weighted by Crippen LogP contribution is -2.58. The molecular formula is C15H31N3. The van der Waals surface area contributed by atoms with Crippen LogP contribution in [-0.2, 0) is 0 Å². The van der Waals surface area contributed by atoms with Crippen LogP contribution in [0.3, 0.4) is 0 Å². The van der Waals surface area contributed by atoms with Crippen LogP contribution in [0, 0.1) is 0 Å². The Morgan fingerprint density at radius 3 is 2.50 bits per heavy atom. The third-order valence-corrected chi connectivity index (χ3v) is 4.86. The van der Waals surface area contributed by atoms with Crippen molar-refractivity contribution in [2.24, 2.45) is 0 Å². The van der Waals surface area contributed by atoms with E-state index in [1.807, 2.05) is 0 Å². The van der Waals surface area contributed by atoms with Gasteiger partial charge >= 0.3 is 0 Å². The van der Waals surface area contributed by atoms with Crippen LogP contribution in [0.1, 0.15) is 46.0 Å². The standard InChI is InChI=1S/C15H31N3/c1-15(2)13-18(12-11-17(15)3)10-9-16-14-7-5-4-6-8-14/h14,16H,4-13H2,1-3H3. The summed E-state index contributed by atoms with van der Waals surface area (Å²) < 4.78 is 0. The molecule has 3 heteroatoms. The SMILES string of the molecule is CN1CCN(CCNC2CCCCC2)CC1(C)C. The third-order valence-electron chi connectivity index (χ3n) is 4.86. The minimum Gasteiger partial charge on any atom is -0.313 e. The van der Waals surface area contributed by atoms with Crippen molar-refractivity contribution in [1.82, 2.24) is 15.1 Å². The van der Waals surface area contributed by atoms with E-state index in [9.17, 15) is 0 Å². The first kappa shape index (κ1) is 14.3. The molecule has 0 aromatic rings. The molecule has 0 aromatic heterocycles. The molecule has 0 atom stereocenters. The summed E-state index contributed by atoms with van der Waals surface area (Å²) >= 11 is 0. The molecule has 1 aliphatic heterocycles. The van der Waals surface area contributed by atoms with E-state index >= 15 is 0 Å². The molecule has 0 bridgehead atoms. The van der Waals surface area contributed by atoms with E-state index in [0.29, 0.717) is 5.54 Å². The Morgan fingerprint density at radius 2 is 1.83 bits per heavy atom. The second-order valence-corrected chi connectivity index (χ2v) is 6.80. The van der Waals surface area contributed by atoms with Crippen LogP contribution in [0.4, 0.5) is 0 Å². The fourth-order valence-electron chi connectivity index (χ4n) is 3.27. The maximum absolute atomic E-state index is 3.75. The van der Waals surface area contributed by atoms with Gasteiger partial charge in [0.05, 0.1) is 0 Å². The molecule has 106 valence electrons. The molecule has 1 N–H and O–H groups in total. The van der Waals surface area contributed by atoms with E-state index in [1.54, 1.807) is 0 Å². The predicted molar refractivity (Wildman–Crippen MR) is 78.0 cm³/mol. The molecule has 0 radical (unpaired) electrons. The largest absolute Gasteiger partial charge is 0.313 e. The molecule has 18 heavy (non-hydrogen) atoms. The Morgan fingerprint density at radius 1 is 1.11 bits per heavy atom. The first-order valence-corrected chi connectivity index (χ1v) is 7.75. The summed E-state index contributed by atoms with van der Waals surface area (Å²) in [5.41, 5.74) is 0.336. The molecule has 0 unspecified atom stereocenters. The summed E-state index contributed by atoms with van der Waals surface area (Å²) in [4.78, 5) is 5.11. The normalized spacial score (nSPS) is 27.5. The van der Waals surface area contributed by atoms with Gasteiger partial charge in [-0.1, -0.05) is 19.3 Å². The molecule has 0 spiro atoms. The summed E-state index contributed by atoms with van der Waals surface area (Å²) in [6.45, 7) is 10.7. The Hall–Kier alpha value is -0.120. The topological polar surface area (TPSA) is 18.5 Å². The molecule has 1 aliphatic carbocycles. The van der Waals surface area contributed by atoms with Crippen LogP contribution in [0.5, 0.6) is 0 Å². The van der Waals surface area contributed by atoms with Gasteiger partial charge in [0.2, 0.25) is 0 Å². The summed E-state index contributed by atoms with van der Waals surface area (Å²) in [5, 5.41) is 3.75. The number of likely N-dealkylation sites (N-methyl/N-ethyl adjacent to an activating group) is 1. The number of hydrogen-bond donors (Lipinski definition) is 1. The zero-order valence-electron chi connectivity index (χ0n) is 12.5. The van der Waals surface area contributed by atoms with Crippen LogP contribution in [0.25, 0.3) is 0 Å². The highest BCUT2D eigenvalue weighted by atomic mass is 15.3. The first-order chi connectivity index (χ1) is 8.58. The van der Waals surface area contributed by atoms with E-state index < -0.39 is 0 Å². The van der Waals surface area contributed by atoms with E-state index in [0.717, 1.165) is 6.04 Å². The van der Waals surface area contributed by atoms with Crippen molar-refractivity contribution in [3.05, 3.63) is 0 Å². The summed E-state index contributed by atoms with van der Waals surface area (Å²) in [5.74, 6) is 0. The highest BCUT2D eigenvalue weighted by Crippen LogP contribution is 2.19. The second kappa shape index (κ2) is 6.36. The molecule has 1 heterocycles. The molecule has 3 nitrogen and oxygen atoms in total. The van der Waals surface area contributed by atoms with Crippen LogP contribution in [-0.4, -0.2) is 61.2 Å². The van der Waals surface area contributed by atoms with Crippen molar-refractivity contribution in [2.75, 3.05) is 39.8 Å². The molecule has 1 saturated carbocycles. The minimum atomic E-state index is 0.336. The number of hydrogen-bond acceptors (Lipinski definition) is 3. The predicted octanol–water partition coefficient (Wildman–Crippen LogP) is 1.93. The Bertz CT molecular complexity index is 246. The lowest BCUT2D eigenvalue weighted by atomic mass is 9.95. The number of nitrogens with zero attached hydrogens (tertiary/aromatic N) is 2. The zero-order chi connectivity index (χ0) is 13.0. The Labute approximate surface area is 113 Å². The lowest BCUT2D eigenvalue weighted by molar-refractivity contribution is 0.0402. The molecule has 0 amide bonds. The average molecular weight is 253 g/mol. The van der Waals surface area contributed by atoms with Crippen molar-refractivity contribution in [1.29, 1.82) is 0 Å². The van der Waals surface area contributed by atoms with Crippen LogP contribution in [0.2, 0.25) is 0 Å². The Balaban J connectivity index is 1.64. The summed E-state index contributed by atoms with van der Waals surface area (Å²) in [7, 11) is 2.25. The fourth-order valence-corrected chi connectivity index (χ4v) is 3.27. The summed E-state index contributed by atoms with van der Waals surface area (Å²) in [6.07, 6.45) is 7.10. The highest BCUT2D eigenvalue weighted by molar-refractivity contribution is 4.88. The van der Waals surface area contributed by atoms with Crippen molar-refractivity contribution in [3.63, 3.8) is 0 Å². The number of piperazine rings is 1. The lowest BCUT2D eigenvalue weighted by Gasteiger charge is -2.45. The fraction of sp³-hybridized carbons (Fsp3) is 1.00. The monoisotopic (exact) mass is 253 g/mol. The van der Waals surface area contributed by atoms with Gasteiger partial charge in [0.25, 0.3) is 0 Å². The number of nitrogens with one attached hydrogen (secondary N) is 1. The van der Waals surface area contributed by atoms with Gasteiger partial charge in [0.15, 0.2) is 0 Å². The summed E-state index contributed by atoms with van der Waals surface area (Å²) in [6, 6.07) is 0.805. The maximum atomic E-state index is 3.75. The minimum absolute atomic E-state index is 0.336. The average Bonchev–Trinajstić information content (AvgIpc) is 2.35. The van der Waals surface area contributed by atoms with E-state index in [4.69, 9.17) is 0 Å². The molecular weight excluding hydrogens is 222 g/mol. The zero-order valence-corrected chi connectivity index (χ0v) is 12.5. The molecule has 0 aromatic carbocycles. The van der Waals surface area contributed by atoms with Crippen LogP contribution >= 0.6 is 0 Å². The van der Waals surface area contributed by atoms with E-state index in [1.165, 1.54) is 64.8 Å². The van der Waals surface area contributed by atoms with Gasteiger partial charge in [-0.15, -0.1) is 0 Å². The van der Waals surface area contributed by atoms with Gasteiger partial charge in [-0.3, -0.25) is 9.80 Å². The number of rotatable bonds is 4. The van der Waals surface area contributed by atoms with E-state index in [-0.39, 0.29) is 0 Å². The molecule has 2 fully saturated rings. The third kappa shape index (κ3) is 3.94. The van der Waals surface area contributed by atoms with Gasteiger partial charge in [-0.2, -0.15) is 0 Å². The van der Waals surface area contributed by atoms with Crippen molar-refractivity contribution >= 4 is 0 Å². The maximum Gasteiger partial charge on any atom is 0.0277 e. The smallest absolute Gasteiger partial charge is 0.0277 e.